The van der Waals surface area contributed by atoms with E-state index < -0.39 is 10.0 Å². The Labute approximate surface area is 202 Å². The summed E-state index contributed by atoms with van der Waals surface area (Å²) in [4.78, 5) is 27.3. The Kier molecular flexibility index (Phi) is 8.57. The van der Waals surface area contributed by atoms with Gasteiger partial charge in [0.25, 0.3) is 0 Å². The van der Waals surface area contributed by atoms with Gasteiger partial charge in [-0.25, -0.2) is 8.42 Å². The number of carbonyl (C=O) groups is 2. The van der Waals surface area contributed by atoms with Gasteiger partial charge in [0.1, 0.15) is 0 Å². The lowest BCUT2D eigenvalue weighted by Crippen LogP contribution is -2.48. The maximum Gasteiger partial charge on any atom is 0.243 e. The average molecular weight is 493 g/mol. The molecule has 2 N–H and O–H groups in total. The number of ether oxygens (including phenoxy) is 1. The molecule has 1 aliphatic carbocycles. The molecule has 1 aromatic rings. The van der Waals surface area contributed by atoms with Gasteiger partial charge in [-0.05, 0) is 49.9 Å². The van der Waals surface area contributed by atoms with Crippen molar-refractivity contribution in [3.05, 3.63) is 24.3 Å². The molecule has 9 nitrogen and oxygen atoms in total. The van der Waals surface area contributed by atoms with Gasteiger partial charge in [-0.2, -0.15) is 4.31 Å². The molecular weight excluding hydrogens is 456 g/mol. The third-order valence-corrected chi connectivity index (χ3v) is 8.94. The Morgan fingerprint density at radius 2 is 1.56 bits per heavy atom. The second-order valence-electron chi connectivity index (χ2n) is 9.48. The number of piperidine rings is 1. The summed E-state index contributed by atoms with van der Waals surface area (Å²) in [5, 5.41) is 6.07. The van der Waals surface area contributed by atoms with Crippen LogP contribution in [0.15, 0.2) is 29.2 Å². The van der Waals surface area contributed by atoms with Gasteiger partial charge < -0.3 is 15.4 Å². The predicted octanol–water partition coefficient (Wildman–Crippen LogP) is 1.81. The molecule has 0 unspecified atom stereocenters. The van der Waals surface area contributed by atoms with Gasteiger partial charge >= 0.3 is 0 Å². The third-order valence-electron chi connectivity index (χ3n) is 7.02. The number of nitrogens with one attached hydrogen (secondary N) is 2. The van der Waals surface area contributed by atoms with E-state index in [1.807, 2.05) is 0 Å². The predicted molar refractivity (Wildman–Crippen MR) is 129 cm³/mol. The lowest BCUT2D eigenvalue weighted by Gasteiger charge is -2.33. The number of sulfonamides is 1. The van der Waals surface area contributed by atoms with Gasteiger partial charge in [-0.3, -0.25) is 14.5 Å². The molecule has 3 aliphatic rings. The van der Waals surface area contributed by atoms with Crippen LogP contribution in [0.4, 0.5) is 5.69 Å². The zero-order valence-electron chi connectivity index (χ0n) is 19.7. The molecule has 2 aliphatic heterocycles. The molecule has 2 amide bonds. The number of anilines is 1. The van der Waals surface area contributed by atoms with E-state index in [-0.39, 0.29) is 35.2 Å². The van der Waals surface area contributed by atoms with Gasteiger partial charge in [-0.15, -0.1) is 0 Å². The van der Waals surface area contributed by atoms with Gasteiger partial charge in [-0.1, -0.05) is 19.3 Å². The number of benzene rings is 1. The molecule has 188 valence electrons. The summed E-state index contributed by atoms with van der Waals surface area (Å²) in [6, 6.07) is 6.49. The zero-order valence-corrected chi connectivity index (χ0v) is 20.5. The van der Waals surface area contributed by atoms with Gasteiger partial charge in [0.15, 0.2) is 0 Å². The Hall–Kier alpha value is -2.01. The molecule has 0 aromatic heterocycles. The van der Waals surface area contributed by atoms with Gasteiger partial charge in [0.2, 0.25) is 21.8 Å². The Morgan fingerprint density at radius 3 is 2.21 bits per heavy atom. The van der Waals surface area contributed by atoms with Crippen molar-refractivity contribution in [2.75, 3.05) is 51.3 Å². The first kappa shape index (κ1) is 25.1. The van der Waals surface area contributed by atoms with E-state index in [1.54, 1.807) is 12.1 Å². The topological polar surface area (TPSA) is 108 Å². The molecule has 0 radical (unpaired) electrons. The molecule has 2 heterocycles. The van der Waals surface area contributed by atoms with Crippen molar-refractivity contribution in [3.63, 3.8) is 0 Å². The number of hydrogen-bond donors (Lipinski definition) is 2. The normalized spacial score (nSPS) is 21.8. The number of likely N-dealkylation sites (tertiary alicyclic amines) is 1. The van der Waals surface area contributed by atoms with Crippen molar-refractivity contribution in [1.29, 1.82) is 0 Å². The van der Waals surface area contributed by atoms with Crippen LogP contribution < -0.4 is 10.6 Å². The largest absolute Gasteiger partial charge is 0.379 e. The molecule has 3 fully saturated rings. The standard InChI is InChI=1S/C24H36N4O5S/c29-23(18-27-12-10-21(11-13-27)26-24(30)19-4-2-1-3-5-19)25-20-6-8-22(9-7-20)34(31,32)28-14-16-33-17-15-28/h6-9,19,21H,1-5,10-18H2,(H,25,29)(H,26,30). The minimum atomic E-state index is -3.55. The Balaban J connectivity index is 1.20. The van der Waals surface area contributed by atoms with Crippen molar-refractivity contribution in [1.82, 2.24) is 14.5 Å². The molecule has 10 heteroatoms. The smallest absolute Gasteiger partial charge is 0.243 e. The van der Waals surface area contributed by atoms with Gasteiger partial charge in [0.05, 0.1) is 24.7 Å². The van der Waals surface area contributed by atoms with E-state index in [2.05, 4.69) is 15.5 Å². The Bertz CT molecular complexity index is 933. The summed E-state index contributed by atoms with van der Waals surface area (Å²) >= 11 is 0. The SMILES string of the molecule is O=C(CN1CCC(NC(=O)C2CCCCC2)CC1)Nc1ccc(S(=O)(=O)N2CCOCC2)cc1. The molecule has 34 heavy (non-hydrogen) atoms. The molecule has 0 bridgehead atoms. The van der Waals surface area contributed by atoms with Crippen LogP contribution in [0.25, 0.3) is 0 Å². The van der Waals surface area contributed by atoms with E-state index in [9.17, 15) is 18.0 Å². The minimum Gasteiger partial charge on any atom is -0.379 e. The summed E-state index contributed by atoms with van der Waals surface area (Å²) in [6.45, 7) is 3.30. The third kappa shape index (κ3) is 6.56. The quantitative estimate of drug-likeness (QED) is 0.601. The van der Waals surface area contributed by atoms with E-state index in [4.69, 9.17) is 4.74 Å². The van der Waals surface area contributed by atoms with Crippen LogP contribution in [0.3, 0.4) is 0 Å². The van der Waals surface area contributed by atoms with Crippen molar-refractivity contribution in [2.24, 2.45) is 5.92 Å². The highest BCUT2D eigenvalue weighted by Crippen LogP contribution is 2.24. The lowest BCUT2D eigenvalue weighted by molar-refractivity contribution is -0.127. The van der Waals surface area contributed by atoms with E-state index in [0.29, 0.717) is 32.0 Å². The second kappa shape index (κ2) is 11.6. The van der Waals surface area contributed by atoms with Crippen LogP contribution >= 0.6 is 0 Å². The maximum absolute atomic E-state index is 12.7. The fourth-order valence-electron chi connectivity index (χ4n) is 4.97. The monoisotopic (exact) mass is 492 g/mol. The number of rotatable bonds is 7. The number of nitrogens with zero attached hydrogens (tertiary/aromatic N) is 2. The first-order chi connectivity index (χ1) is 16.4. The number of hydrogen-bond acceptors (Lipinski definition) is 6. The van der Waals surface area contributed by atoms with Crippen molar-refractivity contribution >= 4 is 27.5 Å². The van der Waals surface area contributed by atoms with E-state index in [0.717, 1.165) is 51.6 Å². The number of morpholine rings is 1. The van der Waals surface area contributed by atoms with E-state index >= 15 is 0 Å². The summed E-state index contributed by atoms with van der Waals surface area (Å²) in [7, 11) is -3.55. The van der Waals surface area contributed by atoms with Gasteiger partial charge in [0, 0.05) is 43.8 Å². The maximum atomic E-state index is 12.7. The highest BCUT2D eigenvalue weighted by Gasteiger charge is 2.27. The summed E-state index contributed by atoms with van der Waals surface area (Å²) in [6.07, 6.45) is 7.24. The van der Waals surface area contributed by atoms with Crippen LogP contribution in [0.1, 0.15) is 44.9 Å². The van der Waals surface area contributed by atoms with Crippen LogP contribution in [0, 0.1) is 5.92 Å². The zero-order chi connectivity index (χ0) is 24.0. The molecule has 4 rings (SSSR count). The first-order valence-corrected chi connectivity index (χ1v) is 13.9. The van der Waals surface area contributed by atoms with Crippen molar-refractivity contribution < 1.29 is 22.7 Å². The van der Waals surface area contributed by atoms with Crippen LogP contribution in [0.2, 0.25) is 0 Å². The number of amides is 2. The average Bonchev–Trinajstić information content (AvgIpc) is 2.86. The summed E-state index contributed by atoms with van der Waals surface area (Å²) < 4.78 is 32.1. The molecule has 1 saturated carbocycles. The fraction of sp³-hybridized carbons (Fsp3) is 0.667. The Morgan fingerprint density at radius 1 is 0.912 bits per heavy atom. The molecule has 1 aromatic carbocycles. The highest BCUT2D eigenvalue weighted by atomic mass is 32.2. The summed E-state index contributed by atoms with van der Waals surface area (Å²) in [5.74, 6) is 0.247. The molecule has 2 saturated heterocycles. The molecule has 0 atom stereocenters. The lowest BCUT2D eigenvalue weighted by atomic mass is 9.88. The van der Waals surface area contributed by atoms with Crippen LogP contribution in [-0.2, 0) is 24.3 Å². The summed E-state index contributed by atoms with van der Waals surface area (Å²) in [5.41, 5.74) is 0.570. The van der Waals surface area contributed by atoms with E-state index in [1.165, 1.54) is 22.9 Å². The van der Waals surface area contributed by atoms with Crippen molar-refractivity contribution in [2.45, 2.75) is 55.9 Å². The highest BCUT2D eigenvalue weighted by molar-refractivity contribution is 7.89. The molecular formula is C24H36N4O5S. The van der Waals surface area contributed by atoms with Crippen LogP contribution in [-0.4, -0.2) is 81.4 Å². The molecule has 0 spiro atoms. The first-order valence-electron chi connectivity index (χ1n) is 12.4. The minimum absolute atomic E-state index is 0.131. The number of carbonyl (C=O) groups excluding carboxylic acids is 2. The van der Waals surface area contributed by atoms with Crippen LogP contribution in [0.5, 0.6) is 0 Å². The fourth-order valence-corrected chi connectivity index (χ4v) is 6.38. The van der Waals surface area contributed by atoms with Crippen molar-refractivity contribution in [3.8, 4) is 0 Å². The second-order valence-corrected chi connectivity index (χ2v) is 11.4.